The fourth-order valence-electron chi connectivity index (χ4n) is 3.23. The summed E-state index contributed by atoms with van der Waals surface area (Å²) >= 11 is 0. The van der Waals surface area contributed by atoms with Crippen molar-refractivity contribution in [2.45, 2.75) is 18.9 Å². The van der Waals surface area contributed by atoms with Gasteiger partial charge < -0.3 is 15.5 Å². The summed E-state index contributed by atoms with van der Waals surface area (Å²) < 4.78 is 0. The van der Waals surface area contributed by atoms with Crippen molar-refractivity contribution in [3.63, 3.8) is 0 Å². The van der Waals surface area contributed by atoms with E-state index in [4.69, 9.17) is 5.73 Å². The second-order valence-electron chi connectivity index (χ2n) is 6.44. The molecule has 0 bridgehead atoms. The number of pyridine rings is 1. The first kappa shape index (κ1) is 17.0. The van der Waals surface area contributed by atoms with Crippen LogP contribution in [0, 0.1) is 0 Å². The van der Waals surface area contributed by atoms with Gasteiger partial charge in [0.15, 0.2) is 0 Å². The van der Waals surface area contributed by atoms with Gasteiger partial charge in [0.1, 0.15) is 5.92 Å². The normalized spacial score (nSPS) is 19.0. The van der Waals surface area contributed by atoms with Gasteiger partial charge >= 0.3 is 0 Å². The van der Waals surface area contributed by atoms with E-state index in [0.717, 1.165) is 11.3 Å². The molecule has 2 aromatic rings. The number of primary amides is 1. The number of nitrogens with two attached hydrogens (primary N) is 1. The second kappa shape index (κ2) is 6.93. The number of carbonyl (C=O) groups excluding carboxylic acids is 2. The lowest BCUT2D eigenvalue weighted by Crippen LogP contribution is -2.53. The molecule has 1 saturated heterocycles. The summed E-state index contributed by atoms with van der Waals surface area (Å²) in [7, 11) is 1.81. The van der Waals surface area contributed by atoms with E-state index >= 15 is 0 Å². The van der Waals surface area contributed by atoms with Gasteiger partial charge in [-0.1, -0.05) is 30.3 Å². The second-order valence-corrected chi connectivity index (χ2v) is 6.44. The van der Waals surface area contributed by atoms with E-state index in [9.17, 15) is 9.59 Å². The Kier molecular flexibility index (Phi) is 4.70. The maximum atomic E-state index is 12.0. The number of benzene rings is 1. The molecule has 1 aromatic carbocycles. The topological polar surface area (TPSA) is 79.5 Å². The van der Waals surface area contributed by atoms with Crippen LogP contribution in [0.25, 0.3) is 0 Å². The number of nitrogens with zero attached hydrogens (tertiary/aromatic N) is 3. The third kappa shape index (κ3) is 3.47. The number of rotatable bonds is 4. The number of likely N-dealkylation sites (N-methyl/N-ethyl adjacent to an activating group) is 1. The molecule has 0 spiro atoms. The number of piperazine rings is 1. The van der Waals surface area contributed by atoms with Gasteiger partial charge in [0.2, 0.25) is 11.8 Å². The van der Waals surface area contributed by atoms with Crippen molar-refractivity contribution in [2.24, 2.45) is 5.73 Å². The molecule has 2 heterocycles. The lowest BCUT2D eigenvalue weighted by atomic mass is 9.94. The van der Waals surface area contributed by atoms with Gasteiger partial charge in [-0.15, -0.1) is 0 Å². The lowest BCUT2D eigenvalue weighted by molar-refractivity contribution is -0.130. The minimum Gasteiger partial charge on any atom is -0.369 e. The molecule has 2 amide bonds. The highest BCUT2D eigenvalue weighted by Gasteiger charge is 2.28. The Morgan fingerprint density at radius 2 is 1.96 bits per heavy atom. The summed E-state index contributed by atoms with van der Waals surface area (Å²) in [4.78, 5) is 32.1. The molecule has 2 unspecified atom stereocenters. The van der Waals surface area contributed by atoms with Crippen molar-refractivity contribution < 1.29 is 9.59 Å². The van der Waals surface area contributed by atoms with E-state index in [-0.39, 0.29) is 11.9 Å². The number of aromatic nitrogens is 1. The van der Waals surface area contributed by atoms with Gasteiger partial charge in [-0.3, -0.25) is 14.6 Å². The van der Waals surface area contributed by atoms with Crippen LogP contribution in [0.5, 0.6) is 0 Å². The Morgan fingerprint density at radius 3 is 2.56 bits per heavy atom. The van der Waals surface area contributed by atoms with E-state index in [1.807, 2.05) is 54.4 Å². The third-order valence-corrected chi connectivity index (χ3v) is 4.62. The molecule has 0 radical (unpaired) electrons. The molecule has 6 heteroatoms. The van der Waals surface area contributed by atoms with Crippen molar-refractivity contribution in [3.05, 3.63) is 59.9 Å². The van der Waals surface area contributed by atoms with Crippen LogP contribution in [0.3, 0.4) is 0 Å². The monoisotopic (exact) mass is 338 g/mol. The molecule has 0 aliphatic carbocycles. The Balaban J connectivity index is 1.86. The lowest BCUT2D eigenvalue weighted by Gasteiger charge is -2.39. The summed E-state index contributed by atoms with van der Waals surface area (Å²) in [6, 6.07) is 13.3. The van der Waals surface area contributed by atoms with Gasteiger partial charge in [0, 0.05) is 19.6 Å². The van der Waals surface area contributed by atoms with Crippen LogP contribution in [-0.2, 0) is 9.59 Å². The van der Waals surface area contributed by atoms with Gasteiger partial charge in [-0.2, -0.15) is 0 Å². The van der Waals surface area contributed by atoms with Gasteiger partial charge in [-0.25, -0.2) is 0 Å². The molecular formula is C19H22N4O2. The van der Waals surface area contributed by atoms with Crippen LogP contribution in [0.15, 0.2) is 48.7 Å². The fraction of sp³-hybridized carbons (Fsp3) is 0.316. The van der Waals surface area contributed by atoms with Crippen molar-refractivity contribution in [1.29, 1.82) is 0 Å². The number of hydrogen-bond donors (Lipinski definition) is 1. The zero-order valence-corrected chi connectivity index (χ0v) is 14.4. The molecule has 130 valence electrons. The number of amides is 2. The van der Waals surface area contributed by atoms with E-state index in [1.165, 1.54) is 0 Å². The highest BCUT2D eigenvalue weighted by atomic mass is 16.2. The number of hydrogen-bond acceptors (Lipinski definition) is 4. The first-order chi connectivity index (χ1) is 12.0. The van der Waals surface area contributed by atoms with Crippen molar-refractivity contribution in [2.75, 3.05) is 25.0 Å². The van der Waals surface area contributed by atoms with Crippen LogP contribution in [0.1, 0.15) is 24.1 Å². The average molecular weight is 338 g/mol. The quantitative estimate of drug-likeness (QED) is 0.913. The Labute approximate surface area is 147 Å². The van der Waals surface area contributed by atoms with E-state index in [1.54, 1.807) is 11.1 Å². The number of carbonyl (C=O) groups is 2. The van der Waals surface area contributed by atoms with Crippen LogP contribution in [0.2, 0.25) is 0 Å². The maximum absolute atomic E-state index is 12.0. The van der Waals surface area contributed by atoms with Crippen molar-refractivity contribution >= 4 is 17.5 Å². The molecule has 1 aliphatic heterocycles. The maximum Gasteiger partial charge on any atom is 0.241 e. The molecule has 1 fully saturated rings. The summed E-state index contributed by atoms with van der Waals surface area (Å²) in [6.07, 6.45) is 1.71. The average Bonchev–Trinajstić information content (AvgIpc) is 2.60. The van der Waals surface area contributed by atoms with Crippen molar-refractivity contribution in [3.8, 4) is 0 Å². The SMILES string of the molecule is CC1CN(C)C(=O)CN1c1ccc(C(C(N)=O)c2ccccc2)nc1. The predicted octanol–water partition coefficient (Wildman–Crippen LogP) is 1.37. The zero-order valence-electron chi connectivity index (χ0n) is 14.4. The Hall–Kier alpha value is -2.89. The standard InChI is InChI=1S/C19H22N4O2/c1-13-11-22(2)17(24)12-23(13)15-8-9-16(21-10-15)18(19(20)25)14-6-4-3-5-7-14/h3-10,13,18H,11-12H2,1-2H3,(H2,20,25). The first-order valence-corrected chi connectivity index (χ1v) is 8.28. The predicted molar refractivity (Wildman–Crippen MR) is 96.2 cm³/mol. The summed E-state index contributed by atoms with van der Waals surface area (Å²) in [5.41, 5.74) is 7.89. The van der Waals surface area contributed by atoms with Gasteiger partial charge in [0.25, 0.3) is 0 Å². The van der Waals surface area contributed by atoms with E-state index in [2.05, 4.69) is 11.9 Å². The van der Waals surface area contributed by atoms with Crippen LogP contribution < -0.4 is 10.6 Å². The van der Waals surface area contributed by atoms with Crippen LogP contribution in [0.4, 0.5) is 5.69 Å². The molecule has 25 heavy (non-hydrogen) atoms. The van der Waals surface area contributed by atoms with Crippen LogP contribution in [-0.4, -0.2) is 47.9 Å². The van der Waals surface area contributed by atoms with E-state index in [0.29, 0.717) is 18.8 Å². The minimum absolute atomic E-state index is 0.0847. The molecular weight excluding hydrogens is 316 g/mol. The molecule has 6 nitrogen and oxygen atoms in total. The molecule has 3 rings (SSSR count). The Bertz CT molecular complexity index is 761. The molecule has 0 saturated carbocycles. The van der Waals surface area contributed by atoms with Gasteiger partial charge in [0.05, 0.1) is 24.1 Å². The van der Waals surface area contributed by atoms with E-state index < -0.39 is 11.8 Å². The Morgan fingerprint density at radius 1 is 1.24 bits per heavy atom. The highest BCUT2D eigenvalue weighted by molar-refractivity contribution is 5.85. The van der Waals surface area contributed by atoms with Gasteiger partial charge in [-0.05, 0) is 24.6 Å². The van der Waals surface area contributed by atoms with Crippen LogP contribution >= 0.6 is 0 Å². The fourth-order valence-corrected chi connectivity index (χ4v) is 3.23. The largest absolute Gasteiger partial charge is 0.369 e. The zero-order chi connectivity index (χ0) is 18.0. The third-order valence-electron chi connectivity index (χ3n) is 4.62. The highest BCUT2D eigenvalue weighted by Crippen LogP contribution is 2.26. The summed E-state index contributed by atoms with van der Waals surface area (Å²) in [5.74, 6) is -0.933. The number of anilines is 1. The first-order valence-electron chi connectivity index (χ1n) is 8.28. The molecule has 1 aromatic heterocycles. The minimum atomic E-state index is -0.582. The summed E-state index contributed by atoms with van der Waals surface area (Å²) in [6.45, 7) is 3.08. The molecule has 2 atom stereocenters. The molecule has 1 aliphatic rings. The summed E-state index contributed by atoms with van der Waals surface area (Å²) in [5, 5.41) is 0. The van der Waals surface area contributed by atoms with Crippen molar-refractivity contribution in [1.82, 2.24) is 9.88 Å². The molecule has 2 N–H and O–H groups in total. The smallest absolute Gasteiger partial charge is 0.241 e.